The maximum Gasteiger partial charge on any atom is 0.261 e. The Balaban J connectivity index is 1.32. The molecule has 0 atom stereocenters. The first kappa shape index (κ1) is 19.0. The molecule has 4 rings (SSSR count). The summed E-state index contributed by atoms with van der Waals surface area (Å²) in [6, 6.07) is 4.07. The van der Waals surface area contributed by atoms with Crippen LogP contribution in [0, 0.1) is 11.7 Å². The van der Waals surface area contributed by atoms with E-state index in [0.29, 0.717) is 56.2 Å². The molecular formula is C20H25FN4O3. The quantitative estimate of drug-likeness (QED) is 0.785. The second kappa shape index (κ2) is 8.36. The molecule has 8 heteroatoms. The predicted molar refractivity (Wildman–Crippen MR) is 103 cm³/mol. The number of nitrogens with zero attached hydrogens (tertiary/aromatic N) is 4. The van der Waals surface area contributed by atoms with Gasteiger partial charge in [0.05, 0.1) is 37.0 Å². The molecule has 0 bridgehead atoms. The van der Waals surface area contributed by atoms with Gasteiger partial charge in [0.15, 0.2) is 0 Å². The molecule has 1 amide bonds. The number of halogens is 1. The monoisotopic (exact) mass is 388 g/mol. The van der Waals surface area contributed by atoms with Gasteiger partial charge in [-0.1, -0.05) is 0 Å². The van der Waals surface area contributed by atoms with Crippen LogP contribution >= 0.6 is 0 Å². The highest BCUT2D eigenvalue weighted by Gasteiger charge is 2.24. The van der Waals surface area contributed by atoms with Gasteiger partial charge in [-0.2, -0.15) is 0 Å². The molecule has 1 aromatic carbocycles. The smallest absolute Gasteiger partial charge is 0.261 e. The van der Waals surface area contributed by atoms with Crippen molar-refractivity contribution in [2.75, 3.05) is 45.9 Å². The number of likely N-dealkylation sites (tertiary alicyclic amines) is 1. The molecule has 0 radical (unpaired) electrons. The lowest BCUT2D eigenvalue weighted by molar-refractivity contribution is -0.136. The van der Waals surface area contributed by atoms with E-state index in [-0.39, 0.29) is 11.5 Å². The van der Waals surface area contributed by atoms with E-state index in [2.05, 4.69) is 9.88 Å². The van der Waals surface area contributed by atoms with Crippen LogP contribution in [-0.4, -0.2) is 71.2 Å². The van der Waals surface area contributed by atoms with E-state index in [9.17, 15) is 14.0 Å². The molecule has 150 valence electrons. The topological polar surface area (TPSA) is 67.7 Å². The minimum atomic E-state index is -0.392. The lowest BCUT2D eigenvalue weighted by atomic mass is 9.96. The molecule has 2 aliphatic rings. The zero-order valence-corrected chi connectivity index (χ0v) is 15.8. The third-order valence-electron chi connectivity index (χ3n) is 5.67. The molecule has 3 heterocycles. The summed E-state index contributed by atoms with van der Waals surface area (Å²) in [6.45, 7) is 5.35. The highest BCUT2D eigenvalue weighted by Crippen LogP contribution is 2.19. The normalized spacial score (nSPS) is 19.2. The summed E-state index contributed by atoms with van der Waals surface area (Å²) in [5.74, 6) is 0.146. The summed E-state index contributed by atoms with van der Waals surface area (Å²) in [4.78, 5) is 33.3. The van der Waals surface area contributed by atoms with Crippen molar-refractivity contribution in [3.8, 4) is 0 Å². The van der Waals surface area contributed by atoms with Gasteiger partial charge < -0.3 is 9.64 Å². The van der Waals surface area contributed by atoms with Crippen LogP contribution in [0.15, 0.2) is 29.3 Å². The third kappa shape index (κ3) is 4.23. The number of fused-ring (bicyclic) bond motifs is 1. The van der Waals surface area contributed by atoms with Crippen LogP contribution in [0.25, 0.3) is 10.9 Å². The fourth-order valence-corrected chi connectivity index (χ4v) is 3.97. The molecule has 1 aromatic heterocycles. The van der Waals surface area contributed by atoms with Gasteiger partial charge in [-0.15, -0.1) is 0 Å². The molecule has 0 saturated carbocycles. The number of ether oxygens (including phenoxy) is 1. The van der Waals surface area contributed by atoms with Crippen LogP contribution in [0.3, 0.4) is 0 Å². The number of carbonyl (C=O) groups excluding carboxylic acids is 1. The lowest BCUT2D eigenvalue weighted by Gasteiger charge is -2.34. The number of rotatable bonds is 4. The SMILES string of the molecule is O=C(CN1CCC(Cn2cnc3cc(F)ccc3c2=O)CC1)N1CCOCC1. The number of hydrogen-bond acceptors (Lipinski definition) is 5. The molecule has 2 fully saturated rings. The zero-order chi connectivity index (χ0) is 19.5. The first-order valence-corrected chi connectivity index (χ1v) is 9.83. The highest BCUT2D eigenvalue weighted by atomic mass is 19.1. The maximum atomic E-state index is 13.3. The van der Waals surface area contributed by atoms with Crippen LogP contribution in [-0.2, 0) is 16.1 Å². The Morgan fingerprint density at radius 2 is 1.93 bits per heavy atom. The van der Waals surface area contributed by atoms with Crippen molar-refractivity contribution in [2.45, 2.75) is 19.4 Å². The van der Waals surface area contributed by atoms with Crippen molar-refractivity contribution >= 4 is 16.8 Å². The Kier molecular flexibility index (Phi) is 5.68. The van der Waals surface area contributed by atoms with E-state index < -0.39 is 5.82 Å². The Hall–Kier alpha value is -2.32. The van der Waals surface area contributed by atoms with Gasteiger partial charge in [-0.25, -0.2) is 9.37 Å². The molecule has 2 aromatic rings. The molecule has 2 saturated heterocycles. The van der Waals surface area contributed by atoms with E-state index in [4.69, 9.17) is 4.74 Å². The molecule has 2 aliphatic heterocycles. The zero-order valence-electron chi connectivity index (χ0n) is 15.8. The van der Waals surface area contributed by atoms with Crippen LogP contribution in [0.5, 0.6) is 0 Å². The number of piperidine rings is 1. The van der Waals surface area contributed by atoms with Crippen molar-refractivity contribution in [1.82, 2.24) is 19.4 Å². The van der Waals surface area contributed by atoms with Crippen molar-refractivity contribution < 1.29 is 13.9 Å². The number of carbonyl (C=O) groups is 1. The average molecular weight is 388 g/mol. The first-order valence-electron chi connectivity index (χ1n) is 9.83. The first-order chi connectivity index (χ1) is 13.6. The molecular weight excluding hydrogens is 363 g/mol. The summed E-state index contributed by atoms with van der Waals surface area (Å²) in [6.07, 6.45) is 3.38. The lowest BCUT2D eigenvalue weighted by Crippen LogP contribution is -2.47. The summed E-state index contributed by atoms with van der Waals surface area (Å²) in [5.41, 5.74) is 0.257. The van der Waals surface area contributed by atoms with E-state index in [1.54, 1.807) is 4.57 Å². The van der Waals surface area contributed by atoms with Gasteiger partial charge in [-0.3, -0.25) is 19.1 Å². The van der Waals surface area contributed by atoms with Crippen molar-refractivity contribution in [1.29, 1.82) is 0 Å². The van der Waals surface area contributed by atoms with Crippen LogP contribution < -0.4 is 5.56 Å². The van der Waals surface area contributed by atoms with Crippen molar-refractivity contribution in [2.24, 2.45) is 5.92 Å². The van der Waals surface area contributed by atoms with Crippen LogP contribution in [0.4, 0.5) is 4.39 Å². The van der Waals surface area contributed by atoms with Gasteiger partial charge in [0, 0.05) is 25.7 Å². The van der Waals surface area contributed by atoms with Gasteiger partial charge in [0.25, 0.3) is 5.56 Å². The molecule has 0 unspecified atom stereocenters. The Morgan fingerprint density at radius 3 is 2.68 bits per heavy atom. The Morgan fingerprint density at radius 1 is 1.18 bits per heavy atom. The number of aromatic nitrogens is 2. The van der Waals surface area contributed by atoms with Gasteiger partial charge in [0.1, 0.15) is 5.82 Å². The second-order valence-electron chi connectivity index (χ2n) is 7.58. The second-order valence-corrected chi connectivity index (χ2v) is 7.58. The minimum Gasteiger partial charge on any atom is -0.378 e. The van der Waals surface area contributed by atoms with Crippen molar-refractivity contribution in [3.63, 3.8) is 0 Å². The predicted octanol–water partition coefficient (Wildman–Crippen LogP) is 1.11. The minimum absolute atomic E-state index is 0.130. The standard InChI is InChI=1S/C20H25FN4O3/c21-16-1-2-17-18(11-16)22-14-25(20(17)27)12-15-3-5-23(6-4-15)13-19(26)24-7-9-28-10-8-24/h1-2,11,14-15H,3-10,12-13H2. The number of morpholine rings is 1. The van der Waals surface area contributed by atoms with E-state index in [1.165, 1.54) is 24.5 Å². The fourth-order valence-electron chi connectivity index (χ4n) is 3.97. The van der Waals surface area contributed by atoms with E-state index >= 15 is 0 Å². The Bertz CT molecular complexity index is 902. The number of amides is 1. The largest absolute Gasteiger partial charge is 0.378 e. The van der Waals surface area contributed by atoms with E-state index in [0.717, 1.165) is 25.9 Å². The van der Waals surface area contributed by atoms with Gasteiger partial charge >= 0.3 is 0 Å². The molecule has 7 nitrogen and oxygen atoms in total. The maximum absolute atomic E-state index is 13.3. The number of benzene rings is 1. The highest BCUT2D eigenvalue weighted by molar-refractivity contribution is 5.78. The fraction of sp³-hybridized carbons (Fsp3) is 0.550. The summed E-state index contributed by atoms with van der Waals surface area (Å²) in [5, 5.41) is 0.442. The summed E-state index contributed by atoms with van der Waals surface area (Å²) in [7, 11) is 0. The average Bonchev–Trinajstić information content (AvgIpc) is 2.72. The Labute approximate surface area is 162 Å². The van der Waals surface area contributed by atoms with E-state index in [1.807, 2.05) is 4.90 Å². The third-order valence-corrected chi connectivity index (χ3v) is 5.67. The molecule has 0 N–H and O–H groups in total. The molecule has 0 aliphatic carbocycles. The van der Waals surface area contributed by atoms with Gasteiger partial charge in [0.2, 0.25) is 5.91 Å². The molecule has 0 spiro atoms. The van der Waals surface area contributed by atoms with Crippen molar-refractivity contribution in [3.05, 3.63) is 40.7 Å². The number of hydrogen-bond donors (Lipinski definition) is 0. The molecule has 28 heavy (non-hydrogen) atoms. The van der Waals surface area contributed by atoms with Gasteiger partial charge in [-0.05, 0) is 44.0 Å². The van der Waals surface area contributed by atoms with Crippen LogP contribution in [0.2, 0.25) is 0 Å². The summed E-state index contributed by atoms with van der Waals surface area (Å²) >= 11 is 0. The van der Waals surface area contributed by atoms with Crippen LogP contribution in [0.1, 0.15) is 12.8 Å². The summed E-state index contributed by atoms with van der Waals surface area (Å²) < 4.78 is 20.2.